The monoisotopic (exact) mass is 670 g/mol. The van der Waals surface area contributed by atoms with Crippen LogP contribution in [0, 0.1) is 35.0 Å². The van der Waals surface area contributed by atoms with Crippen molar-refractivity contribution >= 4 is 17.1 Å². The SMILES string of the molecule is CC1(C)c2ccccc2-c2ccc(N(c3ccccc3)c3ccccc3-c3ccc4c(c3)-c3ccc(C#N)cc3C43C4CC5CC(C4)CC3C5)cc21. The van der Waals surface area contributed by atoms with Crippen LogP contribution in [0.3, 0.4) is 0 Å². The van der Waals surface area contributed by atoms with Gasteiger partial charge in [0.25, 0.3) is 0 Å². The number of hydrogen-bond donors (Lipinski definition) is 0. The molecular weight excluding hydrogens is 629 g/mol. The zero-order chi connectivity index (χ0) is 34.8. The molecule has 6 aromatic carbocycles. The Morgan fingerprint density at radius 2 is 1.17 bits per heavy atom. The van der Waals surface area contributed by atoms with E-state index in [1.807, 2.05) is 6.07 Å². The van der Waals surface area contributed by atoms with Crippen LogP contribution < -0.4 is 4.90 Å². The first-order chi connectivity index (χ1) is 25.4. The van der Waals surface area contributed by atoms with E-state index in [4.69, 9.17) is 0 Å². The summed E-state index contributed by atoms with van der Waals surface area (Å²) in [6, 6.07) is 52.2. The molecule has 0 aliphatic heterocycles. The van der Waals surface area contributed by atoms with Crippen molar-refractivity contribution in [1.82, 2.24) is 0 Å². The van der Waals surface area contributed by atoms with Gasteiger partial charge in [-0.25, -0.2) is 0 Å². The van der Waals surface area contributed by atoms with Gasteiger partial charge in [0.2, 0.25) is 0 Å². The third-order valence-electron chi connectivity index (χ3n) is 14.1. The number of nitriles is 1. The normalized spacial score (nSPS) is 24.9. The highest BCUT2D eigenvalue weighted by atomic mass is 15.1. The fraction of sp³-hybridized carbons (Fsp3) is 0.260. The molecule has 0 amide bonds. The van der Waals surface area contributed by atoms with Gasteiger partial charge in [-0.1, -0.05) is 98.8 Å². The summed E-state index contributed by atoms with van der Waals surface area (Å²) in [6.07, 6.45) is 6.77. The van der Waals surface area contributed by atoms with Gasteiger partial charge in [-0.05, 0) is 154 Å². The van der Waals surface area contributed by atoms with Crippen LogP contribution >= 0.6 is 0 Å². The Labute approximate surface area is 307 Å². The maximum Gasteiger partial charge on any atom is 0.0991 e. The van der Waals surface area contributed by atoms with Gasteiger partial charge in [0.1, 0.15) is 0 Å². The van der Waals surface area contributed by atoms with Crippen molar-refractivity contribution in [2.75, 3.05) is 4.90 Å². The molecule has 4 saturated carbocycles. The maximum atomic E-state index is 10.1. The van der Waals surface area contributed by atoms with E-state index in [1.165, 1.54) is 99.1 Å². The minimum atomic E-state index is -0.0868. The largest absolute Gasteiger partial charge is 0.310 e. The van der Waals surface area contributed by atoms with E-state index in [0.717, 1.165) is 23.1 Å². The van der Waals surface area contributed by atoms with Gasteiger partial charge < -0.3 is 4.90 Å². The Balaban J connectivity index is 1.08. The second-order valence-corrected chi connectivity index (χ2v) is 16.9. The van der Waals surface area contributed by atoms with Crippen molar-refractivity contribution in [2.45, 2.75) is 56.8 Å². The number of nitrogens with zero attached hydrogens (tertiary/aromatic N) is 2. The maximum absolute atomic E-state index is 10.1. The van der Waals surface area contributed by atoms with Crippen LogP contribution in [0.4, 0.5) is 17.1 Å². The highest BCUT2D eigenvalue weighted by Gasteiger charge is 2.61. The fourth-order valence-electron chi connectivity index (χ4n) is 12.2. The molecule has 6 aliphatic carbocycles. The van der Waals surface area contributed by atoms with Crippen molar-refractivity contribution in [3.8, 4) is 39.4 Å². The third-order valence-corrected chi connectivity index (χ3v) is 14.1. The first-order valence-electron chi connectivity index (χ1n) is 19.3. The molecule has 12 rings (SSSR count). The van der Waals surface area contributed by atoms with E-state index >= 15 is 0 Å². The first kappa shape index (κ1) is 30.3. The molecule has 0 unspecified atom stereocenters. The summed E-state index contributed by atoms with van der Waals surface area (Å²) in [5.74, 6) is 3.10. The highest BCUT2D eigenvalue weighted by molar-refractivity contribution is 5.93. The first-order valence-corrected chi connectivity index (χ1v) is 19.3. The molecule has 2 heteroatoms. The van der Waals surface area contributed by atoms with Crippen LogP contribution in [0.1, 0.15) is 73.8 Å². The Morgan fingerprint density at radius 3 is 1.94 bits per heavy atom. The zero-order valence-corrected chi connectivity index (χ0v) is 29.9. The summed E-state index contributed by atoms with van der Waals surface area (Å²) in [7, 11) is 0. The molecule has 6 aromatic rings. The molecule has 2 nitrogen and oxygen atoms in total. The lowest BCUT2D eigenvalue weighted by molar-refractivity contribution is -0.0399. The molecule has 0 saturated heterocycles. The van der Waals surface area contributed by atoms with Crippen LogP contribution in [-0.2, 0) is 10.8 Å². The molecule has 52 heavy (non-hydrogen) atoms. The molecule has 6 aliphatic rings. The molecule has 4 fully saturated rings. The van der Waals surface area contributed by atoms with E-state index in [-0.39, 0.29) is 10.8 Å². The number of anilines is 3. The van der Waals surface area contributed by atoms with E-state index < -0.39 is 0 Å². The smallest absolute Gasteiger partial charge is 0.0991 e. The van der Waals surface area contributed by atoms with Crippen LogP contribution in [0.2, 0.25) is 0 Å². The Morgan fingerprint density at radius 1 is 0.519 bits per heavy atom. The molecule has 4 bridgehead atoms. The van der Waals surface area contributed by atoms with E-state index in [0.29, 0.717) is 11.8 Å². The topological polar surface area (TPSA) is 27.0 Å². The predicted octanol–water partition coefficient (Wildman–Crippen LogP) is 12.7. The van der Waals surface area contributed by atoms with E-state index in [1.54, 1.807) is 0 Å². The Hall–Kier alpha value is -5.39. The third kappa shape index (κ3) is 4.00. The summed E-state index contributed by atoms with van der Waals surface area (Å²) in [5.41, 5.74) is 17.8. The zero-order valence-electron chi connectivity index (χ0n) is 29.9. The standard InChI is InChI=1S/C50H42N2/c1-49(2)44-14-8-6-13-40(44)41-20-18-38(29-46(41)49)52(37-10-4-3-5-11-37)48-15-9-7-12-39(48)34-17-21-45-43(28-34)42-19-16-31(30-51)27-47(42)50(45)35-23-32-22-33(25-35)26-36(50)24-32/h3-21,27-29,32-33,35-36H,22-26H2,1-2H3. The summed E-state index contributed by atoms with van der Waals surface area (Å²) in [4.78, 5) is 2.45. The molecule has 0 radical (unpaired) electrons. The molecule has 0 aromatic heterocycles. The lowest BCUT2D eigenvalue weighted by Crippen LogP contribution is -2.55. The summed E-state index contributed by atoms with van der Waals surface area (Å²) >= 11 is 0. The van der Waals surface area contributed by atoms with Crippen molar-refractivity contribution in [1.29, 1.82) is 5.26 Å². The van der Waals surface area contributed by atoms with Crippen molar-refractivity contribution in [2.24, 2.45) is 23.7 Å². The van der Waals surface area contributed by atoms with Gasteiger partial charge in [-0.2, -0.15) is 5.26 Å². The predicted molar refractivity (Wildman–Crippen MR) is 212 cm³/mol. The molecule has 0 N–H and O–H groups in total. The molecular formula is C50H42N2. The van der Waals surface area contributed by atoms with Crippen LogP contribution in [0.25, 0.3) is 33.4 Å². The summed E-state index contributed by atoms with van der Waals surface area (Å²) in [6.45, 7) is 4.72. The fourth-order valence-corrected chi connectivity index (χ4v) is 12.2. The number of para-hydroxylation sites is 2. The minimum Gasteiger partial charge on any atom is -0.310 e. The minimum absolute atomic E-state index is 0.0356. The van der Waals surface area contributed by atoms with Crippen LogP contribution in [0.15, 0.2) is 133 Å². The Kier molecular flexibility index (Phi) is 6.29. The molecule has 1 spiro atoms. The van der Waals surface area contributed by atoms with Crippen molar-refractivity contribution < 1.29 is 0 Å². The molecule has 0 atom stereocenters. The number of fused-ring (bicyclic) bond motifs is 6. The van der Waals surface area contributed by atoms with Gasteiger partial charge in [0.05, 0.1) is 17.3 Å². The quantitative estimate of drug-likeness (QED) is 0.187. The van der Waals surface area contributed by atoms with E-state index in [2.05, 4.69) is 152 Å². The average molecular weight is 671 g/mol. The second-order valence-electron chi connectivity index (χ2n) is 16.9. The average Bonchev–Trinajstić information content (AvgIpc) is 3.59. The highest BCUT2D eigenvalue weighted by Crippen LogP contribution is 2.69. The second kappa shape index (κ2) is 10.8. The lowest BCUT2D eigenvalue weighted by atomic mass is 9.43. The van der Waals surface area contributed by atoms with Gasteiger partial charge >= 0.3 is 0 Å². The van der Waals surface area contributed by atoms with Gasteiger partial charge in [-0.3, -0.25) is 0 Å². The molecule has 0 heterocycles. The lowest BCUT2D eigenvalue weighted by Gasteiger charge is -2.61. The summed E-state index contributed by atoms with van der Waals surface area (Å²) < 4.78 is 0. The number of benzene rings is 6. The Bertz CT molecular complexity index is 2450. The van der Waals surface area contributed by atoms with Gasteiger partial charge in [0, 0.05) is 27.8 Å². The van der Waals surface area contributed by atoms with Gasteiger partial charge in [-0.15, -0.1) is 0 Å². The molecule has 252 valence electrons. The number of hydrogen-bond acceptors (Lipinski definition) is 2. The van der Waals surface area contributed by atoms with Crippen LogP contribution in [0.5, 0.6) is 0 Å². The van der Waals surface area contributed by atoms with Crippen molar-refractivity contribution in [3.63, 3.8) is 0 Å². The summed E-state index contributed by atoms with van der Waals surface area (Å²) in [5, 5.41) is 10.1. The van der Waals surface area contributed by atoms with E-state index in [9.17, 15) is 5.26 Å². The van der Waals surface area contributed by atoms with Crippen molar-refractivity contribution in [3.05, 3.63) is 161 Å². The number of rotatable bonds is 4. The van der Waals surface area contributed by atoms with Gasteiger partial charge in [0.15, 0.2) is 0 Å². The van der Waals surface area contributed by atoms with Crippen LogP contribution in [-0.4, -0.2) is 0 Å².